The van der Waals surface area contributed by atoms with Crippen LogP contribution in [0.5, 0.6) is 5.75 Å². The smallest absolute Gasteiger partial charge is 0.149 e. The summed E-state index contributed by atoms with van der Waals surface area (Å²) in [6.45, 7) is 1.28. The van der Waals surface area contributed by atoms with E-state index in [4.69, 9.17) is 10.5 Å². The molecule has 0 fully saturated rings. The molecule has 4 N–H and O–H groups in total. The van der Waals surface area contributed by atoms with Crippen molar-refractivity contribution in [2.45, 2.75) is 4.90 Å². The van der Waals surface area contributed by atoms with Crippen LogP contribution in [-0.4, -0.2) is 25.2 Å². The molecule has 0 saturated carbocycles. The van der Waals surface area contributed by atoms with Crippen molar-refractivity contribution in [2.75, 3.05) is 30.2 Å². The second kappa shape index (κ2) is 9.25. The molecule has 7 heteroatoms. The van der Waals surface area contributed by atoms with Crippen LogP contribution in [0.1, 0.15) is 0 Å². The summed E-state index contributed by atoms with van der Waals surface area (Å²) in [5, 5.41) is 3.24. The maximum atomic E-state index is 14.1. The van der Waals surface area contributed by atoms with Gasteiger partial charge in [-0.3, -0.25) is 4.98 Å². The summed E-state index contributed by atoms with van der Waals surface area (Å²) >= 11 is 1.39. The molecule has 140 valence electrons. The fourth-order valence-corrected chi connectivity index (χ4v) is 3.32. The third-order valence-corrected chi connectivity index (χ3v) is 4.69. The molecule has 2 aromatic carbocycles. The minimum absolute atomic E-state index is 0.315. The van der Waals surface area contributed by atoms with Crippen LogP contribution in [0.15, 0.2) is 65.7 Å². The molecule has 0 unspecified atom stereocenters. The van der Waals surface area contributed by atoms with E-state index in [0.717, 1.165) is 16.3 Å². The fraction of sp³-hybridized carbons (Fsp3) is 0.150. The Hall–Kier alpha value is -2.77. The van der Waals surface area contributed by atoms with E-state index in [2.05, 4.69) is 15.0 Å². The monoisotopic (exact) mass is 384 g/mol. The van der Waals surface area contributed by atoms with Crippen molar-refractivity contribution in [1.29, 1.82) is 0 Å². The Labute approximate surface area is 162 Å². The average Bonchev–Trinajstić information content (AvgIpc) is 2.71. The normalized spacial score (nSPS) is 10.5. The summed E-state index contributed by atoms with van der Waals surface area (Å²) in [5.41, 5.74) is 8.45. The number of halogens is 1. The van der Waals surface area contributed by atoms with Crippen molar-refractivity contribution in [3.05, 3.63) is 66.6 Å². The van der Waals surface area contributed by atoms with Gasteiger partial charge in [-0.1, -0.05) is 6.07 Å². The second-order valence-corrected chi connectivity index (χ2v) is 6.55. The van der Waals surface area contributed by atoms with Crippen molar-refractivity contribution >= 4 is 23.3 Å². The van der Waals surface area contributed by atoms with Gasteiger partial charge in [-0.05, 0) is 60.5 Å². The number of rotatable bonds is 8. The summed E-state index contributed by atoms with van der Waals surface area (Å²) < 4.78 is 22.8. The fourth-order valence-electron chi connectivity index (χ4n) is 2.52. The lowest BCUT2D eigenvalue weighted by molar-refractivity contribution is 0.405. The number of anilines is 2. The van der Waals surface area contributed by atoms with Gasteiger partial charge in [0.05, 0.1) is 12.0 Å². The SMILES string of the molecule is COc1ccc(-c2ncccc2F)cc1SNc1cccc(NCCN)c1. The van der Waals surface area contributed by atoms with Gasteiger partial charge in [0, 0.05) is 36.2 Å². The van der Waals surface area contributed by atoms with Gasteiger partial charge in [-0.2, -0.15) is 0 Å². The van der Waals surface area contributed by atoms with Gasteiger partial charge in [0.25, 0.3) is 0 Å². The standard InChI is InChI=1S/C20H21FN4OS/c1-26-18-8-7-14(20-17(21)6-3-10-24-20)12-19(18)27-25-16-5-2-4-15(13-16)23-11-9-22/h2-8,10,12-13,23,25H,9,11,22H2,1H3. The molecule has 0 aliphatic heterocycles. The van der Waals surface area contributed by atoms with Gasteiger partial charge in [0.15, 0.2) is 0 Å². The zero-order chi connectivity index (χ0) is 19.1. The van der Waals surface area contributed by atoms with E-state index in [1.54, 1.807) is 25.4 Å². The van der Waals surface area contributed by atoms with Gasteiger partial charge in [0.1, 0.15) is 17.3 Å². The minimum Gasteiger partial charge on any atom is -0.496 e. The van der Waals surface area contributed by atoms with Crippen LogP contribution >= 0.6 is 11.9 Å². The van der Waals surface area contributed by atoms with E-state index in [9.17, 15) is 4.39 Å². The third kappa shape index (κ3) is 4.90. The number of pyridine rings is 1. The first-order chi connectivity index (χ1) is 13.2. The van der Waals surface area contributed by atoms with E-state index in [1.807, 2.05) is 36.4 Å². The Morgan fingerprint density at radius 2 is 1.96 bits per heavy atom. The predicted octanol–water partition coefficient (Wildman–Crippen LogP) is 4.39. The lowest BCUT2D eigenvalue weighted by Gasteiger charge is -2.13. The van der Waals surface area contributed by atoms with Crippen molar-refractivity contribution in [1.82, 2.24) is 4.98 Å². The average molecular weight is 384 g/mol. The summed E-state index contributed by atoms with van der Waals surface area (Å²) in [5.74, 6) is 0.343. The molecular formula is C20H21FN4OS. The van der Waals surface area contributed by atoms with Crippen LogP contribution in [0.2, 0.25) is 0 Å². The quantitative estimate of drug-likeness (QED) is 0.501. The summed E-state index contributed by atoms with van der Waals surface area (Å²) in [6, 6.07) is 16.3. The highest BCUT2D eigenvalue weighted by Crippen LogP contribution is 2.34. The Bertz CT molecular complexity index is 907. The Balaban J connectivity index is 1.80. The maximum absolute atomic E-state index is 14.1. The first kappa shape index (κ1) is 19.0. The highest BCUT2D eigenvalue weighted by molar-refractivity contribution is 8.00. The number of hydrogen-bond acceptors (Lipinski definition) is 6. The molecular weight excluding hydrogens is 363 g/mol. The Morgan fingerprint density at radius 1 is 1.11 bits per heavy atom. The molecule has 1 heterocycles. The lowest BCUT2D eigenvalue weighted by Crippen LogP contribution is -2.12. The maximum Gasteiger partial charge on any atom is 0.149 e. The van der Waals surface area contributed by atoms with Gasteiger partial charge in [0.2, 0.25) is 0 Å². The largest absolute Gasteiger partial charge is 0.496 e. The highest BCUT2D eigenvalue weighted by Gasteiger charge is 2.11. The molecule has 0 aliphatic rings. The van der Waals surface area contributed by atoms with Crippen LogP contribution < -0.4 is 20.5 Å². The molecule has 0 aliphatic carbocycles. The number of nitrogens with one attached hydrogen (secondary N) is 2. The molecule has 0 saturated heterocycles. The first-order valence-corrected chi connectivity index (χ1v) is 9.28. The zero-order valence-corrected chi connectivity index (χ0v) is 15.7. The zero-order valence-electron chi connectivity index (χ0n) is 14.9. The van der Waals surface area contributed by atoms with Crippen LogP contribution in [0.3, 0.4) is 0 Å². The summed E-state index contributed by atoms with van der Waals surface area (Å²) in [4.78, 5) is 4.97. The van der Waals surface area contributed by atoms with Crippen LogP contribution in [0.4, 0.5) is 15.8 Å². The van der Waals surface area contributed by atoms with E-state index < -0.39 is 0 Å². The number of ether oxygens (including phenoxy) is 1. The molecule has 27 heavy (non-hydrogen) atoms. The molecule has 1 aromatic heterocycles. The minimum atomic E-state index is -0.356. The topological polar surface area (TPSA) is 72.2 Å². The van der Waals surface area contributed by atoms with Crippen molar-refractivity contribution in [2.24, 2.45) is 5.73 Å². The number of benzene rings is 2. The molecule has 0 bridgehead atoms. The lowest BCUT2D eigenvalue weighted by atomic mass is 10.1. The molecule has 3 aromatic rings. The number of aromatic nitrogens is 1. The molecule has 5 nitrogen and oxygen atoms in total. The van der Waals surface area contributed by atoms with Crippen molar-refractivity contribution in [3.8, 4) is 17.0 Å². The van der Waals surface area contributed by atoms with E-state index in [1.165, 1.54) is 18.0 Å². The van der Waals surface area contributed by atoms with Gasteiger partial charge < -0.3 is 20.5 Å². The molecule has 0 spiro atoms. The highest BCUT2D eigenvalue weighted by atomic mass is 32.2. The van der Waals surface area contributed by atoms with E-state index >= 15 is 0 Å². The summed E-state index contributed by atoms with van der Waals surface area (Å²) in [6.07, 6.45) is 1.58. The number of hydrogen-bond donors (Lipinski definition) is 3. The van der Waals surface area contributed by atoms with Crippen LogP contribution in [0.25, 0.3) is 11.3 Å². The van der Waals surface area contributed by atoms with Gasteiger partial charge >= 0.3 is 0 Å². The van der Waals surface area contributed by atoms with E-state index in [0.29, 0.717) is 30.1 Å². The Kier molecular flexibility index (Phi) is 6.51. The van der Waals surface area contributed by atoms with E-state index in [-0.39, 0.29) is 5.82 Å². The van der Waals surface area contributed by atoms with Crippen molar-refractivity contribution in [3.63, 3.8) is 0 Å². The number of nitrogens with zero attached hydrogens (tertiary/aromatic N) is 1. The van der Waals surface area contributed by atoms with Gasteiger partial charge in [-0.15, -0.1) is 0 Å². The van der Waals surface area contributed by atoms with Crippen LogP contribution in [0, 0.1) is 5.82 Å². The molecule has 3 rings (SSSR count). The van der Waals surface area contributed by atoms with Gasteiger partial charge in [-0.25, -0.2) is 4.39 Å². The number of nitrogens with two attached hydrogens (primary N) is 1. The van der Waals surface area contributed by atoms with Crippen molar-refractivity contribution < 1.29 is 9.13 Å². The third-order valence-electron chi connectivity index (χ3n) is 3.81. The molecule has 0 atom stereocenters. The van der Waals surface area contributed by atoms with Crippen LogP contribution in [-0.2, 0) is 0 Å². The summed E-state index contributed by atoms with van der Waals surface area (Å²) in [7, 11) is 1.61. The second-order valence-electron chi connectivity index (χ2n) is 5.70. The number of methoxy groups -OCH3 is 1. The first-order valence-electron chi connectivity index (χ1n) is 8.47. The molecule has 0 radical (unpaired) electrons. The Morgan fingerprint density at radius 3 is 2.74 bits per heavy atom. The molecule has 0 amide bonds. The predicted molar refractivity (Wildman–Crippen MR) is 110 cm³/mol.